The minimum absolute atomic E-state index is 0.107. The summed E-state index contributed by atoms with van der Waals surface area (Å²) in [6.07, 6.45) is 4.86. The molecule has 0 N–H and O–H groups in total. The lowest BCUT2D eigenvalue weighted by atomic mass is 9.90. The molecule has 2 aliphatic heterocycles. The van der Waals surface area contributed by atoms with Crippen molar-refractivity contribution in [3.8, 4) is 6.07 Å². The van der Waals surface area contributed by atoms with Gasteiger partial charge in [-0.3, -0.25) is 4.79 Å². The molecule has 5 heteroatoms. The monoisotopic (exact) mass is 352 g/mol. The first-order chi connectivity index (χ1) is 12.7. The molecule has 0 aliphatic carbocycles. The fraction of sp³-hybridized carbons (Fsp3) is 0.524. The van der Waals surface area contributed by atoms with Gasteiger partial charge >= 0.3 is 0 Å². The Morgan fingerprint density at radius 2 is 1.77 bits per heavy atom. The zero-order chi connectivity index (χ0) is 18.4. The molecule has 3 rings (SSSR count). The van der Waals surface area contributed by atoms with Crippen LogP contribution in [0.2, 0.25) is 0 Å². The second kappa shape index (κ2) is 8.86. The standard InChI is InChI=1S/C21H28N4O/c1-23-11-13-24(14-12-23)17-20(16-22)21(26)25-9-7-19(8-10-25)15-18-5-3-2-4-6-18/h2-6,17,19H,7-15H2,1H3/b20-17-. The number of nitriles is 1. The van der Waals surface area contributed by atoms with Crippen molar-refractivity contribution < 1.29 is 4.79 Å². The van der Waals surface area contributed by atoms with Gasteiger partial charge in [-0.15, -0.1) is 0 Å². The number of carbonyl (C=O) groups is 1. The number of piperidine rings is 1. The van der Waals surface area contributed by atoms with Crippen LogP contribution < -0.4 is 0 Å². The van der Waals surface area contributed by atoms with Gasteiger partial charge in [-0.2, -0.15) is 5.26 Å². The predicted molar refractivity (Wildman–Crippen MR) is 102 cm³/mol. The molecule has 2 fully saturated rings. The second-order valence-electron chi connectivity index (χ2n) is 7.42. The van der Waals surface area contributed by atoms with Gasteiger partial charge in [0, 0.05) is 45.5 Å². The van der Waals surface area contributed by atoms with Crippen molar-refractivity contribution in [1.82, 2.24) is 14.7 Å². The number of amides is 1. The summed E-state index contributed by atoms with van der Waals surface area (Å²) >= 11 is 0. The minimum Gasteiger partial charge on any atom is -0.374 e. The highest BCUT2D eigenvalue weighted by Crippen LogP contribution is 2.22. The summed E-state index contributed by atoms with van der Waals surface area (Å²) in [5.41, 5.74) is 1.64. The Morgan fingerprint density at radius 1 is 1.12 bits per heavy atom. The maximum Gasteiger partial charge on any atom is 0.266 e. The van der Waals surface area contributed by atoms with Crippen LogP contribution >= 0.6 is 0 Å². The van der Waals surface area contributed by atoms with Gasteiger partial charge in [-0.25, -0.2) is 0 Å². The highest BCUT2D eigenvalue weighted by atomic mass is 16.2. The van der Waals surface area contributed by atoms with E-state index in [4.69, 9.17) is 0 Å². The number of nitrogens with zero attached hydrogens (tertiary/aromatic N) is 4. The van der Waals surface area contributed by atoms with Gasteiger partial charge in [-0.1, -0.05) is 30.3 Å². The Balaban J connectivity index is 1.52. The van der Waals surface area contributed by atoms with Crippen molar-refractivity contribution in [2.45, 2.75) is 19.3 Å². The molecule has 0 radical (unpaired) electrons. The molecule has 0 atom stereocenters. The fourth-order valence-electron chi connectivity index (χ4n) is 3.72. The molecule has 0 bridgehead atoms. The first kappa shape index (κ1) is 18.5. The second-order valence-corrected chi connectivity index (χ2v) is 7.42. The summed E-state index contributed by atoms with van der Waals surface area (Å²) < 4.78 is 0. The van der Waals surface area contributed by atoms with Gasteiger partial charge in [-0.05, 0) is 37.8 Å². The van der Waals surface area contributed by atoms with E-state index in [2.05, 4.69) is 47.2 Å². The number of rotatable bonds is 4. The van der Waals surface area contributed by atoms with E-state index in [1.807, 2.05) is 11.0 Å². The molecule has 2 aliphatic rings. The number of piperazine rings is 1. The topological polar surface area (TPSA) is 50.6 Å². The largest absolute Gasteiger partial charge is 0.374 e. The molecule has 2 heterocycles. The maximum absolute atomic E-state index is 12.7. The van der Waals surface area contributed by atoms with E-state index >= 15 is 0 Å². The summed E-state index contributed by atoms with van der Waals surface area (Å²) in [4.78, 5) is 18.9. The lowest BCUT2D eigenvalue weighted by molar-refractivity contribution is -0.128. The van der Waals surface area contributed by atoms with Crippen LogP contribution in [0.1, 0.15) is 18.4 Å². The van der Waals surface area contributed by atoms with Crippen molar-refractivity contribution >= 4 is 5.91 Å². The summed E-state index contributed by atoms with van der Waals surface area (Å²) in [6, 6.07) is 12.7. The Labute approximate surface area is 156 Å². The van der Waals surface area contributed by atoms with E-state index in [9.17, 15) is 10.1 Å². The first-order valence-corrected chi connectivity index (χ1v) is 9.53. The molecule has 5 nitrogen and oxygen atoms in total. The van der Waals surface area contributed by atoms with Crippen LogP contribution in [-0.4, -0.2) is 66.9 Å². The lowest BCUT2D eigenvalue weighted by Crippen LogP contribution is -2.43. The fourth-order valence-corrected chi connectivity index (χ4v) is 3.72. The highest BCUT2D eigenvalue weighted by molar-refractivity contribution is 5.97. The summed E-state index contributed by atoms with van der Waals surface area (Å²) in [6.45, 7) is 5.17. The van der Waals surface area contributed by atoms with E-state index in [-0.39, 0.29) is 11.5 Å². The van der Waals surface area contributed by atoms with Gasteiger partial charge in [0.15, 0.2) is 0 Å². The van der Waals surface area contributed by atoms with Gasteiger partial charge in [0.1, 0.15) is 11.6 Å². The predicted octanol–water partition coefficient (Wildman–Crippen LogP) is 2.12. The van der Waals surface area contributed by atoms with Crippen molar-refractivity contribution in [2.24, 2.45) is 5.92 Å². The van der Waals surface area contributed by atoms with Crippen LogP contribution in [0.3, 0.4) is 0 Å². The molecular formula is C21H28N4O. The molecule has 2 saturated heterocycles. The number of hydrogen-bond donors (Lipinski definition) is 0. The van der Waals surface area contributed by atoms with E-state index < -0.39 is 0 Å². The zero-order valence-corrected chi connectivity index (χ0v) is 15.6. The first-order valence-electron chi connectivity index (χ1n) is 9.53. The lowest BCUT2D eigenvalue weighted by Gasteiger charge is -2.33. The van der Waals surface area contributed by atoms with Crippen LogP contribution in [-0.2, 0) is 11.2 Å². The van der Waals surface area contributed by atoms with E-state index in [0.717, 1.165) is 58.5 Å². The Morgan fingerprint density at radius 3 is 2.38 bits per heavy atom. The molecule has 0 spiro atoms. The molecule has 0 aromatic heterocycles. The molecular weight excluding hydrogens is 324 g/mol. The van der Waals surface area contributed by atoms with E-state index in [1.54, 1.807) is 6.20 Å². The Hall–Kier alpha value is -2.32. The molecule has 0 unspecified atom stereocenters. The normalized spacial score (nSPS) is 20.1. The van der Waals surface area contributed by atoms with Crippen molar-refractivity contribution in [3.63, 3.8) is 0 Å². The van der Waals surface area contributed by atoms with Gasteiger partial charge in [0.25, 0.3) is 5.91 Å². The van der Waals surface area contributed by atoms with Crippen LogP contribution in [0.15, 0.2) is 42.1 Å². The molecule has 0 saturated carbocycles. The average Bonchev–Trinajstić information content (AvgIpc) is 2.68. The summed E-state index contributed by atoms with van der Waals surface area (Å²) in [7, 11) is 2.09. The molecule has 26 heavy (non-hydrogen) atoms. The third-order valence-electron chi connectivity index (χ3n) is 5.47. The molecule has 1 amide bonds. The SMILES string of the molecule is CN1CCN(/C=C(/C#N)C(=O)N2CCC(Cc3ccccc3)CC2)CC1. The maximum atomic E-state index is 12.7. The highest BCUT2D eigenvalue weighted by Gasteiger charge is 2.25. The van der Waals surface area contributed by atoms with E-state index in [0.29, 0.717) is 5.92 Å². The van der Waals surface area contributed by atoms with E-state index in [1.165, 1.54) is 5.56 Å². The van der Waals surface area contributed by atoms with Crippen LogP contribution in [0.5, 0.6) is 0 Å². The molecule has 1 aromatic carbocycles. The summed E-state index contributed by atoms with van der Waals surface area (Å²) in [5.74, 6) is 0.512. The van der Waals surface area contributed by atoms with Crippen molar-refractivity contribution in [3.05, 3.63) is 47.7 Å². The average molecular weight is 352 g/mol. The summed E-state index contributed by atoms with van der Waals surface area (Å²) in [5, 5.41) is 9.45. The van der Waals surface area contributed by atoms with Crippen LogP contribution in [0.25, 0.3) is 0 Å². The smallest absolute Gasteiger partial charge is 0.266 e. The molecule has 138 valence electrons. The number of hydrogen-bond acceptors (Lipinski definition) is 4. The minimum atomic E-state index is -0.107. The third kappa shape index (κ3) is 4.86. The number of carbonyl (C=O) groups excluding carboxylic acids is 1. The number of benzene rings is 1. The molecule has 1 aromatic rings. The van der Waals surface area contributed by atoms with Gasteiger partial charge in [0.2, 0.25) is 0 Å². The van der Waals surface area contributed by atoms with Gasteiger partial charge < -0.3 is 14.7 Å². The van der Waals surface area contributed by atoms with Crippen LogP contribution in [0.4, 0.5) is 0 Å². The zero-order valence-electron chi connectivity index (χ0n) is 15.6. The number of likely N-dealkylation sites (N-methyl/N-ethyl adjacent to an activating group) is 1. The van der Waals surface area contributed by atoms with Gasteiger partial charge in [0.05, 0.1) is 0 Å². The number of likely N-dealkylation sites (tertiary alicyclic amines) is 1. The van der Waals surface area contributed by atoms with Crippen LogP contribution in [0, 0.1) is 17.2 Å². The van der Waals surface area contributed by atoms with Crippen molar-refractivity contribution in [1.29, 1.82) is 5.26 Å². The Bertz CT molecular complexity index is 663. The third-order valence-corrected chi connectivity index (χ3v) is 5.47. The quantitative estimate of drug-likeness (QED) is 0.615. The van der Waals surface area contributed by atoms with Crippen molar-refractivity contribution in [2.75, 3.05) is 46.3 Å². The Kier molecular flexibility index (Phi) is 6.30.